The minimum absolute atomic E-state index is 0.0163. The van der Waals surface area contributed by atoms with Gasteiger partial charge in [-0.2, -0.15) is 5.10 Å². The van der Waals surface area contributed by atoms with Gasteiger partial charge >= 0.3 is 0 Å². The highest BCUT2D eigenvalue weighted by Gasteiger charge is 2.19. The van der Waals surface area contributed by atoms with E-state index in [9.17, 15) is 4.79 Å². The molecule has 0 saturated heterocycles. The number of amides is 1. The molecule has 4 heteroatoms. The molecule has 0 radical (unpaired) electrons. The van der Waals surface area contributed by atoms with E-state index in [1.165, 1.54) is 0 Å². The van der Waals surface area contributed by atoms with Gasteiger partial charge in [-0.25, -0.2) is 0 Å². The van der Waals surface area contributed by atoms with Gasteiger partial charge in [0.25, 0.3) is 0 Å². The average molecular weight is 259 g/mol. The van der Waals surface area contributed by atoms with Gasteiger partial charge in [-0.1, -0.05) is 25.1 Å². The van der Waals surface area contributed by atoms with E-state index in [1.54, 1.807) is 0 Å². The van der Waals surface area contributed by atoms with Gasteiger partial charge in [0, 0.05) is 11.4 Å². The van der Waals surface area contributed by atoms with Gasteiger partial charge in [-0.05, 0) is 33.3 Å². The lowest BCUT2D eigenvalue weighted by Gasteiger charge is -2.17. The van der Waals surface area contributed by atoms with Crippen molar-refractivity contribution in [3.63, 3.8) is 0 Å². The summed E-state index contributed by atoms with van der Waals surface area (Å²) in [4.78, 5) is 12.2. The van der Waals surface area contributed by atoms with E-state index in [0.29, 0.717) is 0 Å². The van der Waals surface area contributed by atoms with Crippen LogP contribution in [0.3, 0.4) is 0 Å². The normalized spacial score (nSPS) is 14.3. The minimum atomic E-state index is -0.299. The molecule has 0 unspecified atom stereocenters. The Balaban J connectivity index is 2.31. The Morgan fingerprint density at radius 3 is 2.74 bits per heavy atom. The summed E-state index contributed by atoms with van der Waals surface area (Å²) in [5.41, 5.74) is 1.96. The molecule has 102 valence electrons. The second-order valence-electron chi connectivity index (χ2n) is 5.04. The molecule has 4 nitrogen and oxygen atoms in total. The maximum absolute atomic E-state index is 12.2. The van der Waals surface area contributed by atoms with Gasteiger partial charge in [-0.3, -0.25) is 9.48 Å². The summed E-state index contributed by atoms with van der Waals surface area (Å²) >= 11 is 0. The van der Waals surface area contributed by atoms with Crippen LogP contribution >= 0.6 is 0 Å². The zero-order valence-corrected chi connectivity index (χ0v) is 12.0. The van der Waals surface area contributed by atoms with Gasteiger partial charge in [-0.15, -0.1) is 0 Å². The summed E-state index contributed by atoms with van der Waals surface area (Å²) in [7, 11) is 0. The molecule has 1 aromatic heterocycles. The lowest BCUT2D eigenvalue weighted by atomic mass is 10.2. The Hall–Kier alpha value is -1.84. The molecule has 2 rings (SSSR count). The molecule has 0 aliphatic rings. The monoisotopic (exact) mass is 259 g/mol. The molecule has 0 aliphatic heterocycles. The van der Waals surface area contributed by atoms with E-state index >= 15 is 0 Å². The van der Waals surface area contributed by atoms with Crippen LogP contribution in [0.15, 0.2) is 24.3 Å². The lowest BCUT2D eigenvalue weighted by Crippen LogP contribution is -2.37. The Morgan fingerprint density at radius 2 is 2.05 bits per heavy atom. The predicted molar refractivity (Wildman–Crippen MR) is 77.1 cm³/mol. The quantitative estimate of drug-likeness (QED) is 0.917. The minimum Gasteiger partial charge on any atom is -0.352 e. The highest BCUT2D eigenvalue weighted by atomic mass is 16.2. The van der Waals surface area contributed by atoms with Crippen molar-refractivity contribution in [3.05, 3.63) is 30.0 Å². The van der Waals surface area contributed by atoms with Gasteiger partial charge in [0.1, 0.15) is 6.04 Å². The van der Waals surface area contributed by atoms with E-state index < -0.39 is 0 Å². The Kier molecular flexibility index (Phi) is 3.88. The molecule has 0 spiro atoms. The van der Waals surface area contributed by atoms with Crippen molar-refractivity contribution in [2.45, 2.75) is 46.2 Å². The van der Waals surface area contributed by atoms with Crippen LogP contribution in [0.5, 0.6) is 0 Å². The Morgan fingerprint density at radius 1 is 1.37 bits per heavy atom. The van der Waals surface area contributed by atoms with E-state index in [-0.39, 0.29) is 18.0 Å². The highest BCUT2D eigenvalue weighted by molar-refractivity contribution is 5.86. The second-order valence-corrected chi connectivity index (χ2v) is 5.04. The molecule has 2 atom stereocenters. The van der Waals surface area contributed by atoms with Crippen LogP contribution in [0.25, 0.3) is 10.9 Å². The maximum Gasteiger partial charge on any atom is 0.244 e. The molecule has 1 amide bonds. The number of nitrogens with zero attached hydrogens (tertiary/aromatic N) is 2. The van der Waals surface area contributed by atoms with E-state index in [2.05, 4.69) is 17.3 Å². The SMILES string of the molecule is CC[C@@H](C)NC(=O)[C@@H](C)n1nc(C)c2ccccc21. The molecule has 2 aromatic rings. The summed E-state index contributed by atoms with van der Waals surface area (Å²) in [6.45, 7) is 7.93. The number of hydrogen-bond donors (Lipinski definition) is 1. The van der Waals surface area contributed by atoms with Gasteiger partial charge in [0.2, 0.25) is 5.91 Å². The van der Waals surface area contributed by atoms with Crippen molar-refractivity contribution < 1.29 is 4.79 Å². The van der Waals surface area contributed by atoms with Crippen LogP contribution in [0.1, 0.15) is 38.9 Å². The number of carbonyl (C=O) groups is 1. The van der Waals surface area contributed by atoms with Gasteiger partial charge in [0.15, 0.2) is 0 Å². The van der Waals surface area contributed by atoms with E-state index in [4.69, 9.17) is 0 Å². The molecule has 0 bridgehead atoms. The fraction of sp³-hybridized carbons (Fsp3) is 0.467. The van der Waals surface area contributed by atoms with E-state index in [1.807, 2.05) is 49.7 Å². The number of hydrogen-bond acceptors (Lipinski definition) is 2. The third kappa shape index (κ3) is 2.62. The van der Waals surface area contributed by atoms with Crippen LogP contribution in [-0.4, -0.2) is 21.7 Å². The second kappa shape index (κ2) is 5.43. The van der Waals surface area contributed by atoms with Crippen LogP contribution in [-0.2, 0) is 4.79 Å². The Bertz CT molecular complexity index is 588. The zero-order chi connectivity index (χ0) is 14.0. The van der Waals surface area contributed by atoms with E-state index in [0.717, 1.165) is 23.0 Å². The van der Waals surface area contributed by atoms with Gasteiger partial charge in [0.05, 0.1) is 11.2 Å². The fourth-order valence-electron chi connectivity index (χ4n) is 2.12. The first kappa shape index (κ1) is 13.6. The first-order valence-corrected chi connectivity index (χ1v) is 6.78. The molecule has 1 N–H and O–H groups in total. The first-order chi connectivity index (χ1) is 9.04. The number of rotatable bonds is 4. The average Bonchev–Trinajstić information content (AvgIpc) is 2.75. The standard InChI is InChI=1S/C15H21N3O/c1-5-10(2)16-15(19)12(4)18-14-9-7-6-8-13(14)11(3)17-18/h6-10,12H,5H2,1-4H3,(H,16,19)/t10-,12-/m1/s1. The van der Waals surface area contributed by atoms with Crippen LogP contribution in [0, 0.1) is 6.92 Å². The maximum atomic E-state index is 12.2. The lowest BCUT2D eigenvalue weighted by molar-refractivity contribution is -0.124. The summed E-state index contributed by atoms with van der Waals surface area (Å²) < 4.78 is 1.81. The third-order valence-corrected chi connectivity index (χ3v) is 3.55. The first-order valence-electron chi connectivity index (χ1n) is 6.78. The van der Waals surface area contributed by atoms with Crippen molar-refractivity contribution in [2.75, 3.05) is 0 Å². The number of carbonyl (C=O) groups excluding carboxylic acids is 1. The topological polar surface area (TPSA) is 46.9 Å². The molecular formula is C15H21N3O. The number of aryl methyl sites for hydroxylation is 1. The summed E-state index contributed by atoms with van der Waals surface area (Å²) in [6.07, 6.45) is 0.928. The van der Waals surface area contributed by atoms with Crippen LogP contribution in [0.2, 0.25) is 0 Å². The summed E-state index contributed by atoms with van der Waals surface area (Å²) in [5, 5.41) is 8.60. The van der Waals surface area contributed by atoms with Crippen LogP contribution in [0.4, 0.5) is 0 Å². The number of nitrogens with one attached hydrogen (secondary N) is 1. The van der Waals surface area contributed by atoms with Crippen molar-refractivity contribution in [1.82, 2.24) is 15.1 Å². The number of para-hydroxylation sites is 1. The van der Waals surface area contributed by atoms with Crippen LogP contribution < -0.4 is 5.32 Å². The number of fused-ring (bicyclic) bond motifs is 1. The fourth-order valence-corrected chi connectivity index (χ4v) is 2.12. The molecule has 1 aromatic carbocycles. The summed E-state index contributed by atoms with van der Waals surface area (Å²) in [6, 6.07) is 7.89. The zero-order valence-electron chi connectivity index (χ0n) is 12.0. The van der Waals surface area contributed by atoms with Crippen molar-refractivity contribution in [3.8, 4) is 0 Å². The largest absolute Gasteiger partial charge is 0.352 e. The Labute approximate surface area is 113 Å². The molecule has 1 heterocycles. The molecule has 0 fully saturated rings. The van der Waals surface area contributed by atoms with Gasteiger partial charge < -0.3 is 5.32 Å². The third-order valence-electron chi connectivity index (χ3n) is 3.55. The van der Waals surface area contributed by atoms with Crippen molar-refractivity contribution in [1.29, 1.82) is 0 Å². The van der Waals surface area contributed by atoms with Crippen molar-refractivity contribution >= 4 is 16.8 Å². The molecule has 0 saturated carbocycles. The molecule has 19 heavy (non-hydrogen) atoms. The molecule has 0 aliphatic carbocycles. The summed E-state index contributed by atoms with van der Waals surface area (Å²) in [5.74, 6) is 0.0163. The predicted octanol–water partition coefficient (Wildman–Crippen LogP) is 2.82. The van der Waals surface area contributed by atoms with Crippen molar-refractivity contribution in [2.24, 2.45) is 0 Å². The highest BCUT2D eigenvalue weighted by Crippen LogP contribution is 2.21. The number of benzene rings is 1. The number of aromatic nitrogens is 2. The molecular weight excluding hydrogens is 238 g/mol. The smallest absolute Gasteiger partial charge is 0.244 e.